The number of aliphatic imine (C=N–C) groups is 1. The molecule has 0 spiro atoms. The van der Waals surface area contributed by atoms with Gasteiger partial charge in [0.15, 0.2) is 5.96 Å². The first-order valence-electron chi connectivity index (χ1n) is 8.57. The number of hydrogen-bond donors (Lipinski definition) is 1. The van der Waals surface area contributed by atoms with Gasteiger partial charge in [-0.05, 0) is 20.8 Å². The van der Waals surface area contributed by atoms with E-state index in [0.717, 1.165) is 19.0 Å². The van der Waals surface area contributed by atoms with Crippen LogP contribution in [0.25, 0.3) is 0 Å². The summed E-state index contributed by atoms with van der Waals surface area (Å²) in [5, 5.41) is 3.29. The SMILES string of the molecule is CCNC(=NCCS(=O)(=O)N(CC)CC)N1CC(C)(C)C1(C)C.I. The first-order chi connectivity index (χ1) is 10.5. The van der Waals surface area contributed by atoms with Gasteiger partial charge >= 0.3 is 0 Å². The molecule has 1 aliphatic heterocycles. The molecule has 0 aromatic rings. The molecule has 0 aliphatic carbocycles. The van der Waals surface area contributed by atoms with E-state index in [1.54, 1.807) is 0 Å². The monoisotopic (exact) mass is 474 g/mol. The molecular formula is C16H35IN4O2S. The molecule has 0 aromatic carbocycles. The molecule has 6 nitrogen and oxygen atoms in total. The Morgan fingerprint density at radius 2 is 1.71 bits per heavy atom. The average Bonchev–Trinajstić information content (AvgIpc) is 2.45. The summed E-state index contributed by atoms with van der Waals surface area (Å²) >= 11 is 0. The van der Waals surface area contributed by atoms with Gasteiger partial charge in [-0.15, -0.1) is 24.0 Å². The minimum absolute atomic E-state index is 0. The number of nitrogens with zero attached hydrogens (tertiary/aromatic N) is 3. The van der Waals surface area contributed by atoms with Crippen molar-refractivity contribution in [2.24, 2.45) is 10.4 Å². The van der Waals surface area contributed by atoms with Gasteiger partial charge in [0.25, 0.3) is 0 Å². The topological polar surface area (TPSA) is 65.0 Å². The third-order valence-electron chi connectivity index (χ3n) is 5.18. The van der Waals surface area contributed by atoms with Gasteiger partial charge in [-0.1, -0.05) is 27.7 Å². The third kappa shape index (κ3) is 4.97. The minimum atomic E-state index is -3.22. The summed E-state index contributed by atoms with van der Waals surface area (Å²) in [7, 11) is -3.22. The maximum atomic E-state index is 12.2. The van der Waals surface area contributed by atoms with Crippen LogP contribution in [0, 0.1) is 5.41 Å². The number of rotatable bonds is 7. The Bertz CT molecular complexity index is 528. The van der Waals surface area contributed by atoms with Gasteiger partial charge in [0.2, 0.25) is 10.0 Å². The van der Waals surface area contributed by atoms with E-state index in [-0.39, 0.29) is 47.2 Å². The van der Waals surface area contributed by atoms with Gasteiger partial charge in [-0.2, -0.15) is 0 Å². The summed E-state index contributed by atoms with van der Waals surface area (Å²) in [4.78, 5) is 6.80. The zero-order chi connectivity index (χ0) is 17.9. The maximum absolute atomic E-state index is 12.2. The third-order valence-corrected chi connectivity index (χ3v) is 7.19. The second-order valence-electron chi connectivity index (χ2n) is 7.17. The van der Waals surface area contributed by atoms with E-state index in [1.807, 2.05) is 20.8 Å². The van der Waals surface area contributed by atoms with Crippen molar-refractivity contribution in [3.8, 4) is 0 Å². The van der Waals surface area contributed by atoms with Crippen molar-refractivity contribution < 1.29 is 8.42 Å². The van der Waals surface area contributed by atoms with E-state index in [9.17, 15) is 8.42 Å². The lowest BCUT2D eigenvalue weighted by Crippen LogP contribution is -2.72. The van der Waals surface area contributed by atoms with E-state index in [0.29, 0.717) is 13.1 Å². The van der Waals surface area contributed by atoms with Gasteiger partial charge in [0, 0.05) is 37.1 Å². The zero-order valence-electron chi connectivity index (χ0n) is 16.2. The normalized spacial score (nSPS) is 19.7. The molecule has 0 radical (unpaired) electrons. The van der Waals surface area contributed by atoms with Crippen molar-refractivity contribution in [2.75, 3.05) is 38.5 Å². The molecule has 0 aromatic heterocycles. The number of likely N-dealkylation sites (tertiary alicyclic amines) is 1. The molecule has 1 saturated heterocycles. The molecule has 1 heterocycles. The number of sulfonamides is 1. The molecule has 1 fully saturated rings. The average molecular weight is 474 g/mol. The summed E-state index contributed by atoms with van der Waals surface area (Å²) in [5.41, 5.74) is 0.224. The summed E-state index contributed by atoms with van der Waals surface area (Å²) in [6.07, 6.45) is 0. The van der Waals surface area contributed by atoms with Crippen LogP contribution in [-0.2, 0) is 10.0 Å². The highest BCUT2D eigenvalue weighted by Crippen LogP contribution is 2.46. The highest BCUT2D eigenvalue weighted by Gasteiger charge is 2.53. The summed E-state index contributed by atoms with van der Waals surface area (Å²) in [5.74, 6) is 0.868. The van der Waals surface area contributed by atoms with Crippen LogP contribution >= 0.6 is 24.0 Å². The fourth-order valence-electron chi connectivity index (χ4n) is 2.81. The highest BCUT2D eigenvalue weighted by molar-refractivity contribution is 14.0. The number of guanidine groups is 1. The second kappa shape index (κ2) is 9.02. The Morgan fingerprint density at radius 3 is 2.08 bits per heavy atom. The van der Waals surface area contributed by atoms with E-state index < -0.39 is 10.0 Å². The van der Waals surface area contributed by atoms with Gasteiger partial charge in [0.1, 0.15) is 0 Å². The van der Waals surface area contributed by atoms with Crippen LogP contribution in [0.15, 0.2) is 4.99 Å². The van der Waals surface area contributed by atoms with Crippen molar-refractivity contribution in [3.63, 3.8) is 0 Å². The highest BCUT2D eigenvalue weighted by atomic mass is 127. The van der Waals surface area contributed by atoms with E-state index in [1.165, 1.54) is 4.31 Å². The lowest BCUT2D eigenvalue weighted by Gasteiger charge is -2.62. The van der Waals surface area contributed by atoms with Crippen LogP contribution in [0.4, 0.5) is 0 Å². The zero-order valence-corrected chi connectivity index (χ0v) is 19.4. The van der Waals surface area contributed by atoms with Gasteiger partial charge in [-0.3, -0.25) is 4.99 Å². The molecule has 0 saturated carbocycles. The molecule has 0 unspecified atom stereocenters. The Kier molecular flexibility index (Phi) is 8.99. The number of hydrogen-bond acceptors (Lipinski definition) is 3. The fourth-order valence-corrected chi connectivity index (χ4v) is 4.17. The first kappa shape index (κ1) is 23.9. The first-order valence-corrected chi connectivity index (χ1v) is 10.2. The number of nitrogens with one attached hydrogen (secondary N) is 1. The Morgan fingerprint density at radius 1 is 1.17 bits per heavy atom. The van der Waals surface area contributed by atoms with Crippen molar-refractivity contribution in [1.29, 1.82) is 0 Å². The molecule has 1 aliphatic rings. The minimum Gasteiger partial charge on any atom is -0.356 e. The molecule has 0 atom stereocenters. The van der Waals surface area contributed by atoms with Crippen LogP contribution in [0.2, 0.25) is 0 Å². The smallest absolute Gasteiger partial charge is 0.215 e. The van der Waals surface area contributed by atoms with Crippen LogP contribution in [-0.4, -0.2) is 67.6 Å². The molecule has 0 bridgehead atoms. The molecule has 0 amide bonds. The lowest BCUT2D eigenvalue weighted by atomic mass is 9.65. The molecular weight excluding hydrogens is 439 g/mol. The predicted molar refractivity (Wildman–Crippen MR) is 113 cm³/mol. The Labute approximate surface area is 165 Å². The predicted octanol–water partition coefficient (Wildman–Crippen LogP) is 2.36. The quantitative estimate of drug-likeness (QED) is 0.350. The lowest BCUT2D eigenvalue weighted by molar-refractivity contribution is -0.0667. The molecule has 144 valence electrons. The van der Waals surface area contributed by atoms with Gasteiger partial charge < -0.3 is 10.2 Å². The van der Waals surface area contributed by atoms with E-state index >= 15 is 0 Å². The van der Waals surface area contributed by atoms with Crippen LogP contribution in [0.5, 0.6) is 0 Å². The van der Waals surface area contributed by atoms with Crippen LogP contribution in [0.1, 0.15) is 48.5 Å². The summed E-state index contributed by atoms with van der Waals surface area (Å²) < 4.78 is 26.0. The molecule has 24 heavy (non-hydrogen) atoms. The summed E-state index contributed by atoms with van der Waals surface area (Å²) in [6, 6.07) is 0. The van der Waals surface area contributed by atoms with Gasteiger partial charge in [0.05, 0.1) is 12.3 Å². The maximum Gasteiger partial charge on any atom is 0.215 e. The molecule has 1 rings (SSSR count). The fraction of sp³-hybridized carbons (Fsp3) is 0.938. The van der Waals surface area contributed by atoms with E-state index in [2.05, 4.69) is 42.9 Å². The van der Waals surface area contributed by atoms with Crippen LogP contribution < -0.4 is 5.32 Å². The van der Waals surface area contributed by atoms with Crippen molar-refractivity contribution >= 4 is 40.0 Å². The Balaban J connectivity index is 0.00000529. The van der Waals surface area contributed by atoms with Gasteiger partial charge in [-0.25, -0.2) is 12.7 Å². The Hall–Kier alpha value is -0.0900. The van der Waals surface area contributed by atoms with Crippen LogP contribution in [0.3, 0.4) is 0 Å². The largest absolute Gasteiger partial charge is 0.356 e. The molecule has 1 N–H and O–H groups in total. The second-order valence-corrected chi connectivity index (χ2v) is 9.25. The van der Waals surface area contributed by atoms with E-state index in [4.69, 9.17) is 0 Å². The summed E-state index contributed by atoms with van der Waals surface area (Å²) in [6.45, 7) is 17.7. The van der Waals surface area contributed by atoms with Crippen molar-refractivity contribution in [2.45, 2.75) is 54.0 Å². The van der Waals surface area contributed by atoms with Crippen molar-refractivity contribution in [3.05, 3.63) is 0 Å². The number of halogens is 1. The van der Waals surface area contributed by atoms with Crippen molar-refractivity contribution in [1.82, 2.24) is 14.5 Å². The molecule has 8 heteroatoms. The standard InChI is InChI=1S/C16H34N4O2S.HI/c1-8-17-14(20-13-15(4,5)16(20,6)7)18-11-12-23(21,22)19(9-2)10-3;/h8-13H2,1-7H3,(H,17,18);1H.